The molecule has 0 bridgehead atoms. The van der Waals surface area contributed by atoms with Gasteiger partial charge in [-0.3, -0.25) is 15.0 Å². The van der Waals surface area contributed by atoms with Crippen LogP contribution in [0.5, 0.6) is 0 Å². The summed E-state index contributed by atoms with van der Waals surface area (Å²) in [5, 5.41) is 12.8. The number of hydrogen-bond acceptors (Lipinski definition) is 3. The van der Waals surface area contributed by atoms with E-state index < -0.39 is 17.2 Å². The largest absolute Gasteiger partial charge is 0.356 e. The van der Waals surface area contributed by atoms with E-state index in [0.29, 0.717) is 5.56 Å². The number of benzene rings is 1. The standard InChI is InChI=1S/C12H15FN2O2/c1-11(2)12(17,14-3)15(11)10(16)8-4-6-9(13)7-5-8/h4-7,14,17H,1-3H3. The molecule has 1 unspecified atom stereocenters. The Kier molecular flexibility index (Phi) is 2.48. The van der Waals surface area contributed by atoms with Gasteiger partial charge in [0.1, 0.15) is 11.4 Å². The molecule has 0 aliphatic carbocycles. The van der Waals surface area contributed by atoms with Gasteiger partial charge in [-0.2, -0.15) is 0 Å². The highest BCUT2D eigenvalue weighted by Gasteiger charge is 2.71. The number of hydrogen-bond donors (Lipinski definition) is 2. The van der Waals surface area contributed by atoms with E-state index in [2.05, 4.69) is 5.32 Å². The molecule has 4 nitrogen and oxygen atoms in total. The van der Waals surface area contributed by atoms with Crippen molar-refractivity contribution in [2.24, 2.45) is 0 Å². The second kappa shape index (κ2) is 3.51. The predicted molar refractivity (Wildman–Crippen MR) is 60.7 cm³/mol. The van der Waals surface area contributed by atoms with Crippen LogP contribution in [-0.2, 0) is 0 Å². The summed E-state index contributed by atoms with van der Waals surface area (Å²) >= 11 is 0. The van der Waals surface area contributed by atoms with E-state index in [1.165, 1.54) is 29.2 Å². The minimum atomic E-state index is -1.33. The summed E-state index contributed by atoms with van der Waals surface area (Å²) in [6, 6.07) is 5.26. The second-order valence-corrected chi connectivity index (χ2v) is 4.63. The van der Waals surface area contributed by atoms with Crippen LogP contribution in [0.25, 0.3) is 0 Å². The molecule has 92 valence electrons. The molecule has 0 aromatic heterocycles. The van der Waals surface area contributed by atoms with E-state index in [1.54, 1.807) is 20.9 Å². The SMILES string of the molecule is CNC1(O)N(C(=O)c2ccc(F)cc2)C1(C)C. The lowest BCUT2D eigenvalue weighted by molar-refractivity contribution is 0.0447. The van der Waals surface area contributed by atoms with E-state index in [1.807, 2.05) is 0 Å². The van der Waals surface area contributed by atoms with Gasteiger partial charge in [-0.15, -0.1) is 0 Å². The molecule has 0 saturated carbocycles. The van der Waals surface area contributed by atoms with Crippen LogP contribution in [0.2, 0.25) is 0 Å². The molecule has 1 heterocycles. The summed E-state index contributed by atoms with van der Waals surface area (Å²) in [6.07, 6.45) is 0. The maximum Gasteiger partial charge on any atom is 0.257 e. The van der Waals surface area contributed by atoms with Crippen molar-refractivity contribution in [3.05, 3.63) is 35.6 Å². The fourth-order valence-electron chi connectivity index (χ4n) is 2.11. The van der Waals surface area contributed by atoms with Crippen LogP contribution in [0, 0.1) is 5.82 Å². The zero-order chi connectivity index (χ0) is 12.8. The Morgan fingerprint density at radius 1 is 1.35 bits per heavy atom. The Hall–Kier alpha value is -1.46. The van der Waals surface area contributed by atoms with Crippen molar-refractivity contribution in [3.63, 3.8) is 0 Å². The van der Waals surface area contributed by atoms with Gasteiger partial charge in [0.25, 0.3) is 5.91 Å². The topological polar surface area (TPSA) is 52.3 Å². The van der Waals surface area contributed by atoms with Gasteiger partial charge in [-0.1, -0.05) is 0 Å². The van der Waals surface area contributed by atoms with Crippen molar-refractivity contribution in [2.75, 3.05) is 7.05 Å². The molecule has 2 N–H and O–H groups in total. The van der Waals surface area contributed by atoms with Crippen molar-refractivity contribution < 1.29 is 14.3 Å². The Labute approximate surface area is 99.0 Å². The third-order valence-corrected chi connectivity index (χ3v) is 3.33. The first-order valence-corrected chi connectivity index (χ1v) is 5.36. The number of nitrogens with one attached hydrogen (secondary N) is 1. The number of nitrogens with zero attached hydrogens (tertiary/aromatic N) is 1. The molecule has 0 radical (unpaired) electrons. The molecule has 1 aliphatic rings. The van der Waals surface area contributed by atoms with Gasteiger partial charge in [0, 0.05) is 5.56 Å². The highest BCUT2D eigenvalue weighted by molar-refractivity contribution is 5.97. The molecule has 1 fully saturated rings. The molecule has 1 saturated heterocycles. The molecule has 1 aromatic carbocycles. The van der Waals surface area contributed by atoms with Crippen molar-refractivity contribution >= 4 is 5.91 Å². The van der Waals surface area contributed by atoms with E-state index in [-0.39, 0.29) is 5.91 Å². The fourth-order valence-corrected chi connectivity index (χ4v) is 2.11. The normalized spacial score (nSPS) is 25.8. The number of aliphatic hydroxyl groups is 1. The maximum atomic E-state index is 12.8. The predicted octanol–water partition coefficient (Wildman–Crippen LogP) is 0.926. The minimum Gasteiger partial charge on any atom is -0.356 e. The fraction of sp³-hybridized carbons (Fsp3) is 0.417. The van der Waals surface area contributed by atoms with E-state index in [4.69, 9.17) is 0 Å². The van der Waals surface area contributed by atoms with Crippen LogP contribution in [-0.4, -0.2) is 34.3 Å². The average Bonchev–Trinajstić information content (AvgIpc) is 2.74. The van der Waals surface area contributed by atoms with Gasteiger partial charge in [-0.05, 0) is 45.2 Å². The van der Waals surface area contributed by atoms with Crippen molar-refractivity contribution in [3.8, 4) is 0 Å². The molecule has 1 atom stereocenters. The van der Waals surface area contributed by atoms with Gasteiger partial charge in [0.2, 0.25) is 5.85 Å². The summed E-state index contributed by atoms with van der Waals surface area (Å²) in [6.45, 7) is 3.51. The number of amides is 1. The van der Waals surface area contributed by atoms with Gasteiger partial charge in [-0.25, -0.2) is 4.39 Å². The molecular formula is C12H15FN2O2. The first-order valence-electron chi connectivity index (χ1n) is 5.36. The summed E-state index contributed by atoms with van der Waals surface area (Å²) < 4.78 is 12.8. The Morgan fingerprint density at radius 2 is 1.88 bits per heavy atom. The molecule has 1 amide bonds. The molecule has 1 aromatic rings. The number of carbonyl (C=O) groups excluding carboxylic acids is 1. The first kappa shape index (κ1) is 12.0. The van der Waals surface area contributed by atoms with Crippen molar-refractivity contribution in [1.29, 1.82) is 0 Å². The zero-order valence-electron chi connectivity index (χ0n) is 9.99. The molecule has 5 heteroatoms. The van der Waals surface area contributed by atoms with Crippen LogP contribution < -0.4 is 5.32 Å². The Morgan fingerprint density at radius 3 is 2.29 bits per heavy atom. The molecule has 1 aliphatic heterocycles. The van der Waals surface area contributed by atoms with Crippen LogP contribution in [0.15, 0.2) is 24.3 Å². The molecule has 2 rings (SSSR count). The Bertz CT molecular complexity index is 458. The van der Waals surface area contributed by atoms with Gasteiger partial charge < -0.3 is 5.11 Å². The lowest BCUT2D eigenvalue weighted by Gasteiger charge is -2.09. The van der Waals surface area contributed by atoms with Crippen molar-refractivity contribution in [1.82, 2.24) is 10.2 Å². The van der Waals surface area contributed by atoms with Crippen LogP contribution in [0.1, 0.15) is 24.2 Å². The second-order valence-electron chi connectivity index (χ2n) is 4.63. The lowest BCUT2D eigenvalue weighted by Crippen LogP contribution is -2.37. The van der Waals surface area contributed by atoms with Gasteiger partial charge in [0.05, 0.1) is 0 Å². The van der Waals surface area contributed by atoms with Gasteiger partial charge in [0.15, 0.2) is 0 Å². The average molecular weight is 238 g/mol. The van der Waals surface area contributed by atoms with Gasteiger partial charge >= 0.3 is 0 Å². The minimum absolute atomic E-state index is 0.327. The third-order valence-electron chi connectivity index (χ3n) is 3.33. The highest BCUT2D eigenvalue weighted by atomic mass is 19.1. The molecular weight excluding hydrogens is 223 g/mol. The monoisotopic (exact) mass is 238 g/mol. The molecule has 17 heavy (non-hydrogen) atoms. The summed E-state index contributed by atoms with van der Waals surface area (Å²) in [5.41, 5.74) is -0.321. The van der Waals surface area contributed by atoms with E-state index in [9.17, 15) is 14.3 Å². The number of rotatable bonds is 2. The maximum absolute atomic E-state index is 12.8. The lowest BCUT2D eigenvalue weighted by atomic mass is 10.2. The number of carbonyl (C=O) groups is 1. The first-order chi connectivity index (χ1) is 7.84. The van der Waals surface area contributed by atoms with Crippen LogP contribution in [0.4, 0.5) is 4.39 Å². The highest BCUT2D eigenvalue weighted by Crippen LogP contribution is 2.47. The molecule has 0 spiro atoms. The quantitative estimate of drug-likeness (QED) is 0.595. The number of likely N-dealkylation sites (N-methyl/N-ethyl adjacent to an activating group) is 1. The van der Waals surface area contributed by atoms with E-state index in [0.717, 1.165) is 0 Å². The summed E-state index contributed by atoms with van der Waals surface area (Å²) in [7, 11) is 1.58. The summed E-state index contributed by atoms with van der Waals surface area (Å²) in [4.78, 5) is 13.4. The van der Waals surface area contributed by atoms with E-state index >= 15 is 0 Å². The number of halogens is 1. The van der Waals surface area contributed by atoms with Crippen LogP contribution >= 0.6 is 0 Å². The van der Waals surface area contributed by atoms with Crippen LogP contribution in [0.3, 0.4) is 0 Å². The Balaban J connectivity index is 2.26. The summed E-state index contributed by atoms with van der Waals surface area (Å²) in [5.74, 6) is -2.05. The smallest absolute Gasteiger partial charge is 0.257 e. The third kappa shape index (κ3) is 1.54. The zero-order valence-corrected chi connectivity index (χ0v) is 9.99. The van der Waals surface area contributed by atoms with Crippen molar-refractivity contribution in [2.45, 2.75) is 25.2 Å².